The Labute approximate surface area is 156 Å². The molecule has 9 nitrogen and oxygen atoms in total. The van der Waals surface area contributed by atoms with Gasteiger partial charge < -0.3 is 26.6 Å². The van der Waals surface area contributed by atoms with Gasteiger partial charge in [-0.25, -0.2) is 4.79 Å². The van der Waals surface area contributed by atoms with Crippen molar-refractivity contribution in [3.8, 4) is 0 Å². The average Bonchev–Trinajstić information content (AvgIpc) is 2.96. The average molecular weight is 377 g/mol. The maximum Gasteiger partial charge on any atom is 0.319 e. The molecule has 140 valence electrons. The van der Waals surface area contributed by atoms with Gasteiger partial charge in [-0.2, -0.15) is 0 Å². The van der Waals surface area contributed by atoms with E-state index in [0.717, 1.165) is 5.56 Å². The zero-order valence-corrected chi connectivity index (χ0v) is 16.0. The minimum atomic E-state index is -0.388. The largest absolute Gasteiger partial charge is 0.374 e. The van der Waals surface area contributed by atoms with Crippen LogP contribution < -0.4 is 21.7 Å². The summed E-state index contributed by atoms with van der Waals surface area (Å²) in [4.78, 5) is 25.9. The van der Waals surface area contributed by atoms with Gasteiger partial charge in [0.05, 0.1) is 12.6 Å². The lowest BCUT2D eigenvalue weighted by molar-refractivity contribution is -0.116. The Balaban J connectivity index is 1.99. The zero-order valence-electron chi connectivity index (χ0n) is 15.2. The number of hydrogen-bond donors (Lipinski definition) is 4. The molecule has 0 radical (unpaired) electrons. The Morgan fingerprint density at radius 3 is 2.62 bits per heavy atom. The number of benzene rings is 1. The van der Waals surface area contributed by atoms with E-state index in [-0.39, 0.29) is 24.5 Å². The van der Waals surface area contributed by atoms with E-state index in [4.69, 9.17) is 5.73 Å². The van der Waals surface area contributed by atoms with Crippen molar-refractivity contribution >= 4 is 39.8 Å². The van der Waals surface area contributed by atoms with Crippen molar-refractivity contribution in [2.45, 2.75) is 19.9 Å². The van der Waals surface area contributed by atoms with E-state index in [9.17, 15) is 9.59 Å². The highest BCUT2D eigenvalue weighted by Gasteiger charge is 2.14. The molecule has 0 unspecified atom stereocenters. The lowest BCUT2D eigenvalue weighted by atomic mass is 10.1. The smallest absolute Gasteiger partial charge is 0.319 e. The van der Waals surface area contributed by atoms with Gasteiger partial charge in [-0.3, -0.25) is 4.79 Å². The van der Waals surface area contributed by atoms with Gasteiger partial charge in [-0.1, -0.05) is 17.4 Å². The highest BCUT2D eigenvalue weighted by atomic mass is 32.1. The quantitative estimate of drug-likeness (QED) is 0.608. The van der Waals surface area contributed by atoms with E-state index in [2.05, 4.69) is 26.1 Å². The van der Waals surface area contributed by atoms with E-state index < -0.39 is 0 Å². The van der Waals surface area contributed by atoms with Crippen molar-refractivity contribution in [2.75, 3.05) is 37.0 Å². The van der Waals surface area contributed by atoms with Gasteiger partial charge in [0, 0.05) is 11.4 Å². The molecule has 0 aliphatic rings. The number of nitrogens with zero attached hydrogens (tertiary/aromatic N) is 3. The molecule has 1 aromatic heterocycles. The number of nitrogens with one attached hydrogen (secondary N) is 3. The molecule has 2 aromatic rings. The van der Waals surface area contributed by atoms with E-state index in [1.807, 2.05) is 27.1 Å². The molecule has 5 N–H and O–H groups in total. The highest BCUT2D eigenvalue weighted by molar-refractivity contribution is 7.15. The van der Waals surface area contributed by atoms with Gasteiger partial charge in [-0.15, -0.1) is 10.2 Å². The number of anilines is 3. The van der Waals surface area contributed by atoms with Crippen LogP contribution in [0.15, 0.2) is 18.2 Å². The zero-order chi connectivity index (χ0) is 19.3. The summed E-state index contributed by atoms with van der Waals surface area (Å²) in [6, 6.07) is 4.60. The number of carbonyl (C=O) groups is 2. The fourth-order valence-corrected chi connectivity index (χ4v) is 2.77. The van der Waals surface area contributed by atoms with Crippen LogP contribution in [0.4, 0.5) is 21.3 Å². The van der Waals surface area contributed by atoms with E-state index in [1.165, 1.54) is 11.3 Å². The minimum absolute atomic E-state index is 0.123. The van der Waals surface area contributed by atoms with Gasteiger partial charge in [0.1, 0.15) is 5.01 Å². The Morgan fingerprint density at radius 1 is 1.27 bits per heavy atom. The number of aromatic nitrogens is 2. The van der Waals surface area contributed by atoms with Crippen LogP contribution in [-0.2, 0) is 4.79 Å². The number of aryl methyl sites for hydroxylation is 1. The lowest BCUT2D eigenvalue weighted by Crippen LogP contribution is -2.31. The van der Waals surface area contributed by atoms with Crippen LogP contribution in [0.1, 0.15) is 23.5 Å². The van der Waals surface area contributed by atoms with Crippen molar-refractivity contribution in [2.24, 2.45) is 0 Å². The maximum atomic E-state index is 12.2. The van der Waals surface area contributed by atoms with Crippen LogP contribution in [0.5, 0.6) is 0 Å². The van der Waals surface area contributed by atoms with E-state index in [0.29, 0.717) is 21.5 Å². The molecule has 10 heteroatoms. The Kier molecular flexibility index (Phi) is 6.47. The molecule has 1 heterocycles. The molecule has 0 bridgehead atoms. The molecule has 0 spiro atoms. The third kappa shape index (κ3) is 5.67. The number of nitrogens with two attached hydrogens (primary N) is 1. The van der Waals surface area contributed by atoms with Gasteiger partial charge in [0.15, 0.2) is 0 Å². The molecular formula is C16H23N7O2S. The second kappa shape index (κ2) is 8.59. The number of urea groups is 1. The third-order valence-corrected chi connectivity index (χ3v) is 4.34. The molecule has 0 aliphatic heterocycles. The molecule has 26 heavy (non-hydrogen) atoms. The first-order valence-electron chi connectivity index (χ1n) is 7.96. The molecule has 1 aromatic carbocycles. The van der Waals surface area contributed by atoms with Crippen LogP contribution in [0.2, 0.25) is 0 Å². The molecule has 0 saturated heterocycles. The van der Waals surface area contributed by atoms with Crippen molar-refractivity contribution in [1.29, 1.82) is 0 Å². The monoisotopic (exact) mass is 377 g/mol. The number of amides is 3. The van der Waals surface area contributed by atoms with E-state index >= 15 is 0 Å². The summed E-state index contributed by atoms with van der Waals surface area (Å²) in [5, 5.41) is 17.0. The summed E-state index contributed by atoms with van der Waals surface area (Å²) in [6.07, 6.45) is 0. The first-order chi connectivity index (χ1) is 12.2. The maximum absolute atomic E-state index is 12.2. The second-order valence-corrected chi connectivity index (χ2v) is 7.16. The summed E-state index contributed by atoms with van der Waals surface area (Å²) >= 11 is 1.22. The molecular weight excluding hydrogens is 354 g/mol. The summed E-state index contributed by atoms with van der Waals surface area (Å²) in [6.45, 7) is 3.96. The Bertz CT molecular complexity index is 791. The molecule has 2 rings (SSSR count). The molecule has 1 atom stereocenters. The molecule has 0 saturated carbocycles. The number of hydrogen-bond acceptors (Lipinski definition) is 7. The second-order valence-electron chi connectivity index (χ2n) is 6.11. The Morgan fingerprint density at radius 2 is 2.00 bits per heavy atom. The summed E-state index contributed by atoms with van der Waals surface area (Å²) in [5.41, 5.74) is 7.67. The third-order valence-electron chi connectivity index (χ3n) is 3.40. The number of carbonyl (C=O) groups excluding carboxylic acids is 2. The number of nitrogen functional groups attached to an aromatic ring is 1. The van der Waals surface area contributed by atoms with Crippen LogP contribution in [-0.4, -0.2) is 47.7 Å². The normalized spacial score (nSPS) is 11.9. The van der Waals surface area contributed by atoms with Crippen molar-refractivity contribution < 1.29 is 9.59 Å². The van der Waals surface area contributed by atoms with Crippen LogP contribution >= 0.6 is 11.3 Å². The predicted molar refractivity (Wildman–Crippen MR) is 103 cm³/mol. The molecule has 0 aliphatic carbocycles. The number of likely N-dealkylation sites (N-methyl/N-ethyl adjacent to an activating group) is 1. The summed E-state index contributed by atoms with van der Waals surface area (Å²) in [7, 11) is 3.64. The first-order valence-corrected chi connectivity index (χ1v) is 8.78. The topological polar surface area (TPSA) is 125 Å². The van der Waals surface area contributed by atoms with Crippen molar-refractivity contribution in [3.63, 3.8) is 0 Å². The van der Waals surface area contributed by atoms with Crippen molar-refractivity contribution in [3.05, 3.63) is 28.8 Å². The van der Waals surface area contributed by atoms with Gasteiger partial charge in [0.25, 0.3) is 0 Å². The van der Waals surface area contributed by atoms with Gasteiger partial charge >= 0.3 is 6.03 Å². The van der Waals surface area contributed by atoms with Crippen LogP contribution in [0.3, 0.4) is 0 Å². The molecule has 3 amide bonds. The van der Waals surface area contributed by atoms with Gasteiger partial charge in [0.2, 0.25) is 11.0 Å². The predicted octanol–water partition coefficient (Wildman–Crippen LogP) is 1.81. The fourth-order valence-electron chi connectivity index (χ4n) is 2.16. The van der Waals surface area contributed by atoms with Crippen molar-refractivity contribution in [1.82, 2.24) is 20.4 Å². The Hall–Kier alpha value is -2.72. The minimum Gasteiger partial charge on any atom is -0.374 e. The van der Waals surface area contributed by atoms with Gasteiger partial charge in [-0.05, 0) is 45.6 Å². The molecule has 0 fully saturated rings. The standard InChI is InChI=1S/C16H23N7O2S/c1-9-5-6-11(7-12(9)20-13(24)8-23(3)4)19-16(25)18-10(2)14-21-22-15(17)26-14/h5-7,10H,8H2,1-4H3,(H2,17,22)(H,20,24)(H2,18,19,25)/t10-/m1/s1. The summed E-state index contributed by atoms with van der Waals surface area (Å²) < 4.78 is 0. The lowest BCUT2D eigenvalue weighted by Gasteiger charge is -2.15. The highest BCUT2D eigenvalue weighted by Crippen LogP contribution is 2.21. The fraction of sp³-hybridized carbons (Fsp3) is 0.375. The SMILES string of the molecule is Cc1ccc(NC(=O)N[C@H](C)c2nnc(N)s2)cc1NC(=O)CN(C)C. The first kappa shape index (κ1) is 19.6. The van der Waals surface area contributed by atoms with E-state index in [1.54, 1.807) is 24.0 Å². The van der Waals surface area contributed by atoms with Crippen LogP contribution in [0, 0.1) is 6.92 Å². The summed E-state index contributed by atoms with van der Waals surface area (Å²) in [5.74, 6) is -0.123. The number of rotatable bonds is 6. The van der Waals surface area contributed by atoms with Crippen LogP contribution in [0.25, 0.3) is 0 Å².